The van der Waals surface area contributed by atoms with Crippen LogP contribution < -0.4 is 15.8 Å². The Morgan fingerprint density at radius 2 is 1.96 bits per heavy atom. The van der Waals surface area contributed by atoms with Crippen molar-refractivity contribution in [2.45, 2.75) is 0 Å². The number of aromatic nitrogens is 1. The molecule has 1 amide bonds. The molecule has 4 rings (SSSR count). The Morgan fingerprint density at radius 3 is 2.76 bits per heavy atom. The van der Waals surface area contributed by atoms with Gasteiger partial charge in [0.25, 0.3) is 5.91 Å². The first kappa shape index (κ1) is 15.1. The van der Waals surface area contributed by atoms with Gasteiger partial charge in [-0.05, 0) is 41.5 Å². The quantitative estimate of drug-likeness (QED) is 0.505. The van der Waals surface area contributed by atoms with E-state index in [-0.39, 0.29) is 5.91 Å². The molecule has 1 aliphatic heterocycles. The van der Waals surface area contributed by atoms with Crippen molar-refractivity contribution in [3.05, 3.63) is 66.0 Å². The number of nitrogen functional groups attached to an aromatic ring is 1. The summed E-state index contributed by atoms with van der Waals surface area (Å²) >= 11 is 0. The van der Waals surface area contributed by atoms with Gasteiger partial charge in [-0.3, -0.25) is 4.79 Å². The number of carbonyl (C=O) groups excluding carboxylic acids is 1. The number of nitrogens with one attached hydrogen (secondary N) is 2. The number of ether oxygens (including phenoxy) is 1. The van der Waals surface area contributed by atoms with Crippen LogP contribution >= 0.6 is 0 Å². The SMILES string of the molecule is COc1cc[nH]c1C=C1C(=O)Nc2cccc(-c3cccc(N)c3)c21. The molecule has 0 aliphatic carbocycles. The average Bonchev–Trinajstić information content (AvgIpc) is 3.19. The lowest BCUT2D eigenvalue weighted by Crippen LogP contribution is -2.03. The Bertz CT molecular complexity index is 1000. The summed E-state index contributed by atoms with van der Waals surface area (Å²) in [6.45, 7) is 0. The number of hydrogen-bond acceptors (Lipinski definition) is 3. The topological polar surface area (TPSA) is 80.1 Å². The van der Waals surface area contributed by atoms with Gasteiger partial charge in [-0.25, -0.2) is 0 Å². The molecule has 1 aliphatic rings. The molecule has 2 heterocycles. The van der Waals surface area contributed by atoms with Crippen LogP contribution in [0.2, 0.25) is 0 Å². The fourth-order valence-corrected chi connectivity index (χ4v) is 3.14. The summed E-state index contributed by atoms with van der Waals surface area (Å²) in [6, 6.07) is 15.3. The van der Waals surface area contributed by atoms with Crippen LogP contribution in [0.4, 0.5) is 11.4 Å². The monoisotopic (exact) mass is 331 g/mol. The average molecular weight is 331 g/mol. The zero-order valence-electron chi connectivity index (χ0n) is 13.7. The molecule has 5 heteroatoms. The van der Waals surface area contributed by atoms with Crippen LogP contribution in [0.5, 0.6) is 5.75 Å². The molecule has 1 aromatic heterocycles. The Labute approximate surface area is 145 Å². The Kier molecular flexibility index (Phi) is 3.54. The van der Waals surface area contributed by atoms with Crippen LogP contribution in [-0.4, -0.2) is 18.0 Å². The predicted octanol–water partition coefficient (Wildman–Crippen LogP) is 3.77. The highest BCUT2D eigenvalue weighted by molar-refractivity contribution is 6.36. The summed E-state index contributed by atoms with van der Waals surface area (Å²) < 4.78 is 5.33. The fourth-order valence-electron chi connectivity index (χ4n) is 3.14. The van der Waals surface area contributed by atoms with Crippen molar-refractivity contribution in [1.29, 1.82) is 0 Å². The van der Waals surface area contributed by atoms with E-state index in [0.29, 0.717) is 17.0 Å². The molecule has 0 bridgehead atoms. The van der Waals surface area contributed by atoms with Gasteiger partial charge in [-0.15, -0.1) is 0 Å². The van der Waals surface area contributed by atoms with Crippen molar-refractivity contribution in [3.63, 3.8) is 0 Å². The van der Waals surface area contributed by atoms with E-state index >= 15 is 0 Å². The van der Waals surface area contributed by atoms with Crippen molar-refractivity contribution in [1.82, 2.24) is 4.98 Å². The third kappa shape index (κ3) is 2.55. The number of anilines is 2. The Hall–Kier alpha value is -3.47. The molecule has 0 fully saturated rings. The maximum atomic E-state index is 12.5. The second-order valence-corrected chi connectivity index (χ2v) is 5.83. The number of carbonyl (C=O) groups is 1. The van der Waals surface area contributed by atoms with Gasteiger partial charge >= 0.3 is 0 Å². The summed E-state index contributed by atoms with van der Waals surface area (Å²) in [5.74, 6) is 0.554. The minimum Gasteiger partial charge on any atom is -0.495 e. The van der Waals surface area contributed by atoms with Crippen molar-refractivity contribution in [3.8, 4) is 16.9 Å². The molecule has 0 spiro atoms. The second kappa shape index (κ2) is 5.87. The zero-order valence-corrected chi connectivity index (χ0v) is 13.7. The van der Waals surface area contributed by atoms with Gasteiger partial charge in [0.2, 0.25) is 0 Å². The van der Waals surface area contributed by atoms with Crippen molar-refractivity contribution in [2.75, 3.05) is 18.2 Å². The number of benzene rings is 2. The standard InChI is InChI=1S/C20H17N3O2/c1-25-18-8-9-22-17(18)11-15-19-14(12-4-2-5-13(21)10-12)6-3-7-16(19)23-20(15)24/h2-11,22H,21H2,1H3,(H,23,24). The van der Waals surface area contributed by atoms with Crippen molar-refractivity contribution in [2.24, 2.45) is 0 Å². The lowest BCUT2D eigenvalue weighted by Gasteiger charge is -2.09. The molecule has 5 nitrogen and oxygen atoms in total. The Morgan fingerprint density at radius 1 is 1.12 bits per heavy atom. The van der Waals surface area contributed by atoms with E-state index in [2.05, 4.69) is 10.3 Å². The number of fused-ring (bicyclic) bond motifs is 1. The summed E-state index contributed by atoms with van der Waals surface area (Å²) in [4.78, 5) is 15.7. The Balaban J connectivity index is 1.91. The van der Waals surface area contributed by atoms with Crippen LogP contribution in [0.1, 0.15) is 11.3 Å². The first-order valence-corrected chi connectivity index (χ1v) is 7.91. The molecule has 0 unspecified atom stereocenters. The summed E-state index contributed by atoms with van der Waals surface area (Å²) in [6.07, 6.45) is 3.60. The van der Waals surface area contributed by atoms with E-state index < -0.39 is 0 Å². The van der Waals surface area contributed by atoms with Crippen LogP contribution in [0.15, 0.2) is 54.7 Å². The zero-order chi connectivity index (χ0) is 17.4. The van der Waals surface area contributed by atoms with Gasteiger partial charge in [0, 0.05) is 23.1 Å². The molecule has 25 heavy (non-hydrogen) atoms. The number of rotatable bonds is 3. The molecule has 0 saturated heterocycles. The molecule has 4 N–H and O–H groups in total. The minimum atomic E-state index is -0.136. The predicted molar refractivity (Wildman–Crippen MR) is 100 cm³/mol. The fraction of sp³-hybridized carbons (Fsp3) is 0.0500. The largest absolute Gasteiger partial charge is 0.495 e. The summed E-state index contributed by atoms with van der Waals surface area (Å²) in [5.41, 5.74) is 11.6. The van der Waals surface area contributed by atoms with Crippen molar-refractivity contribution >= 4 is 28.9 Å². The number of H-pyrrole nitrogens is 1. The van der Waals surface area contributed by atoms with Crippen LogP contribution in [0.3, 0.4) is 0 Å². The number of hydrogen-bond donors (Lipinski definition) is 3. The van der Waals surface area contributed by atoms with Crippen LogP contribution in [0, 0.1) is 0 Å². The van der Waals surface area contributed by atoms with Gasteiger partial charge in [0.1, 0.15) is 5.75 Å². The van der Waals surface area contributed by atoms with Crippen molar-refractivity contribution < 1.29 is 9.53 Å². The second-order valence-electron chi connectivity index (χ2n) is 5.83. The molecule has 0 atom stereocenters. The lowest BCUT2D eigenvalue weighted by atomic mass is 9.94. The van der Waals surface area contributed by atoms with Gasteiger partial charge < -0.3 is 20.8 Å². The first-order valence-electron chi connectivity index (χ1n) is 7.91. The van der Waals surface area contributed by atoms with Gasteiger partial charge in [0.05, 0.1) is 18.4 Å². The lowest BCUT2D eigenvalue weighted by molar-refractivity contribution is -0.110. The molecule has 2 aromatic carbocycles. The summed E-state index contributed by atoms with van der Waals surface area (Å²) in [7, 11) is 1.60. The van der Waals surface area contributed by atoms with E-state index in [1.807, 2.05) is 54.6 Å². The molecular weight excluding hydrogens is 314 g/mol. The number of aromatic amines is 1. The molecule has 0 saturated carbocycles. The minimum absolute atomic E-state index is 0.136. The highest BCUT2D eigenvalue weighted by Gasteiger charge is 2.27. The maximum Gasteiger partial charge on any atom is 0.256 e. The van der Waals surface area contributed by atoms with Gasteiger partial charge in [0.15, 0.2) is 0 Å². The highest BCUT2D eigenvalue weighted by Crippen LogP contribution is 2.41. The maximum absolute atomic E-state index is 12.5. The smallest absolute Gasteiger partial charge is 0.256 e. The number of amides is 1. The highest BCUT2D eigenvalue weighted by atomic mass is 16.5. The van der Waals surface area contributed by atoms with Gasteiger partial charge in [-0.2, -0.15) is 0 Å². The molecule has 0 radical (unpaired) electrons. The normalized spacial score (nSPS) is 14.4. The van der Waals surface area contributed by atoms with Crippen LogP contribution in [0.25, 0.3) is 22.8 Å². The van der Waals surface area contributed by atoms with E-state index in [9.17, 15) is 4.79 Å². The number of methoxy groups -OCH3 is 1. The van der Waals surface area contributed by atoms with E-state index in [1.54, 1.807) is 13.3 Å². The third-order valence-corrected chi connectivity index (χ3v) is 4.27. The van der Waals surface area contributed by atoms with Crippen LogP contribution in [-0.2, 0) is 4.79 Å². The molecule has 124 valence electrons. The van der Waals surface area contributed by atoms with Gasteiger partial charge in [-0.1, -0.05) is 24.3 Å². The summed E-state index contributed by atoms with van der Waals surface area (Å²) in [5, 5.41) is 2.93. The molecule has 3 aromatic rings. The van der Waals surface area contributed by atoms with E-state index in [1.165, 1.54) is 0 Å². The van der Waals surface area contributed by atoms with E-state index in [4.69, 9.17) is 10.5 Å². The van der Waals surface area contributed by atoms with E-state index in [0.717, 1.165) is 28.1 Å². The first-order chi connectivity index (χ1) is 12.2. The third-order valence-electron chi connectivity index (χ3n) is 4.27. The molecular formula is C20H17N3O2. The number of nitrogens with two attached hydrogens (primary N) is 1.